The third kappa shape index (κ3) is 4.04. The third-order valence-electron chi connectivity index (χ3n) is 3.51. The molecular formula is C13H23N5O. The molecule has 0 aliphatic heterocycles. The van der Waals surface area contributed by atoms with E-state index in [9.17, 15) is 4.79 Å². The number of carbonyl (C=O) groups is 1. The van der Waals surface area contributed by atoms with Gasteiger partial charge in [-0.15, -0.1) is 0 Å². The average Bonchev–Trinajstić information content (AvgIpc) is 2.95. The van der Waals surface area contributed by atoms with E-state index >= 15 is 0 Å². The Morgan fingerprint density at radius 2 is 2.37 bits per heavy atom. The molecule has 1 heterocycles. The first-order chi connectivity index (χ1) is 9.04. The van der Waals surface area contributed by atoms with Gasteiger partial charge in [-0.1, -0.05) is 0 Å². The number of rotatable bonds is 5. The quantitative estimate of drug-likeness (QED) is 0.813. The van der Waals surface area contributed by atoms with Gasteiger partial charge in [-0.3, -0.25) is 9.48 Å². The topological polar surface area (TPSA) is 76.2 Å². The van der Waals surface area contributed by atoms with Crippen LogP contribution >= 0.6 is 0 Å². The van der Waals surface area contributed by atoms with Crippen molar-refractivity contribution in [2.45, 2.75) is 31.8 Å². The Bertz CT molecular complexity index is 428. The molecule has 0 radical (unpaired) electrons. The van der Waals surface area contributed by atoms with Crippen LogP contribution in [0.5, 0.6) is 0 Å². The number of amides is 1. The number of aromatic nitrogens is 2. The van der Waals surface area contributed by atoms with Crippen LogP contribution in [0.15, 0.2) is 12.3 Å². The van der Waals surface area contributed by atoms with Crippen LogP contribution in [0, 0.1) is 5.92 Å². The highest BCUT2D eigenvalue weighted by atomic mass is 16.2. The summed E-state index contributed by atoms with van der Waals surface area (Å²) in [6.07, 6.45) is 4.50. The number of hydrogen-bond donors (Lipinski definition) is 2. The highest BCUT2D eigenvalue weighted by molar-refractivity contribution is 5.91. The van der Waals surface area contributed by atoms with Crippen LogP contribution in [0.1, 0.15) is 19.3 Å². The van der Waals surface area contributed by atoms with Gasteiger partial charge in [0.25, 0.3) is 0 Å². The number of likely N-dealkylation sites (N-methyl/N-ethyl adjacent to an activating group) is 1. The fourth-order valence-electron chi connectivity index (χ4n) is 2.34. The lowest BCUT2D eigenvalue weighted by Gasteiger charge is -2.10. The minimum Gasteiger partial charge on any atom is -0.328 e. The predicted molar refractivity (Wildman–Crippen MR) is 74.7 cm³/mol. The molecule has 2 atom stereocenters. The monoisotopic (exact) mass is 265 g/mol. The van der Waals surface area contributed by atoms with Gasteiger partial charge in [-0.2, -0.15) is 5.10 Å². The molecule has 1 aromatic heterocycles. The lowest BCUT2D eigenvalue weighted by atomic mass is 10.1. The number of nitrogens with two attached hydrogens (primary N) is 1. The first kappa shape index (κ1) is 14.0. The Morgan fingerprint density at radius 3 is 3.00 bits per heavy atom. The van der Waals surface area contributed by atoms with E-state index in [1.54, 1.807) is 0 Å². The van der Waals surface area contributed by atoms with Crippen LogP contribution in [0.4, 0.5) is 5.82 Å². The van der Waals surface area contributed by atoms with Crippen molar-refractivity contribution in [3.05, 3.63) is 12.3 Å². The summed E-state index contributed by atoms with van der Waals surface area (Å²) < 4.78 is 1.84. The molecule has 19 heavy (non-hydrogen) atoms. The van der Waals surface area contributed by atoms with E-state index < -0.39 is 0 Å². The third-order valence-corrected chi connectivity index (χ3v) is 3.51. The maximum Gasteiger partial charge on any atom is 0.228 e. The van der Waals surface area contributed by atoms with Crippen molar-refractivity contribution in [3.8, 4) is 0 Å². The van der Waals surface area contributed by atoms with Gasteiger partial charge in [-0.05, 0) is 33.4 Å². The minimum atomic E-state index is 0.0434. The lowest BCUT2D eigenvalue weighted by molar-refractivity contribution is -0.119. The Labute approximate surface area is 113 Å². The number of carbonyl (C=O) groups excluding carboxylic acids is 1. The van der Waals surface area contributed by atoms with Gasteiger partial charge in [-0.25, -0.2) is 0 Å². The van der Waals surface area contributed by atoms with E-state index in [1.165, 1.54) is 0 Å². The first-order valence-electron chi connectivity index (χ1n) is 6.79. The molecule has 3 N–H and O–H groups in total. The van der Waals surface area contributed by atoms with Gasteiger partial charge in [0.2, 0.25) is 5.91 Å². The van der Waals surface area contributed by atoms with Crippen molar-refractivity contribution >= 4 is 11.7 Å². The van der Waals surface area contributed by atoms with Gasteiger partial charge in [0.15, 0.2) is 5.82 Å². The molecule has 1 aromatic rings. The predicted octanol–water partition coefficient (Wildman–Crippen LogP) is 0.511. The summed E-state index contributed by atoms with van der Waals surface area (Å²) in [5.41, 5.74) is 5.82. The summed E-state index contributed by atoms with van der Waals surface area (Å²) in [6, 6.07) is 2.01. The van der Waals surface area contributed by atoms with Crippen LogP contribution in [-0.2, 0) is 11.3 Å². The molecule has 2 rings (SSSR count). The zero-order chi connectivity index (χ0) is 13.8. The Kier molecular flexibility index (Phi) is 4.55. The zero-order valence-corrected chi connectivity index (χ0v) is 11.7. The second-order valence-electron chi connectivity index (χ2n) is 5.53. The number of nitrogens with one attached hydrogen (secondary N) is 1. The van der Waals surface area contributed by atoms with E-state index in [2.05, 4.69) is 15.3 Å². The summed E-state index contributed by atoms with van der Waals surface area (Å²) in [6.45, 7) is 1.74. The van der Waals surface area contributed by atoms with E-state index in [1.807, 2.05) is 31.0 Å². The molecule has 0 saturated heterocycles. The number of nitrogens with zero attached hydrogens (tertiary/aromatic N) is 3. The van der Waals surface area contributed by atoms with Crippen molar-refractivity contribution in [1.29, 1.82) is 0 Å². The Balaban J connectivity index is 1.84. The molecule has 0 aromatic carbocycles. The highest BCUT2D eigenvalue weighted by Gasteiger charge is 2.27. The van der Waals surface area contributed by atoms with Crippen molar-refractivity contribution in [3.63, 3.8) is 0 Å². The summed E-state index contributed by atoms with van der Waals surface area (Å²) in [4.78, 5) is 14.1. The van der Waals surface area contributed by atoms with Crippen LogP contribution in [0.3, 0.4) is 0 Å². The lowest BCUT2D eigenvalue weighted by Crippen LogP contribution is -2.23. The number of hydrogen-bond acceptors (Lipinski definition) is 4. The molecule has 0 bridgehead atoms. The van der Waals surface area contributed by atoms with E-state index in [4.69, 9.17) is 5.73 Å². The SMILES string of the molecule is CN(C)CCn1ccc(NC(=O)C2CCC(N)C2)n1. The van der Waals surface area contributed by atoms with Gasteiger partial charge in [0.05, 0.1) is 6.54 Å². The minimum absolute atomic E-state index is 0.0434. The molecule has 2 unspecified atom stereocenters. The van der Waals surface area contributed by atoms with Gasteiger partial charge < -0.3 is 16.0 Å². The van der Waals surface area contributed by atoms with Crippen LogP contribution in [-0.4, -0.2) is 47.3 Å². The van der Waals surface area contributed by atoms with Gasteiger partial charge in [0, 0.05) is 30.8 Å². The molecule has 1 aliphatic rings. The molecule has 1 amide bonds. The van der Waals surface area contributed by atoms with Crippen molar-refractivity contribution in [2.24, 2.45) is 11.7 Å². The maximum absolute atomic E-state index is 12.0. The summed E-state index contributed by atoms with van der Waals surface area (Å²) in [7, 11) is 4.05. The van der Waals surface area contributed by atoms with Crippen molar-refractivity contribution in [2.75, 3.05) is 26.0 Å². The van der Waals surface area contributed by atoms with Crippen LogP contribution in [0.25, 0.3) is 0 Å². The van der Waals surface area contributed by atoms with E-state index in [0.717, 1.165) is 32.4 Å². The van der Waals surface area contributed by atoms with E-state index in [-0.39, 0.29) is 17.9 Å². The van der Waals surface area contributed by atoms with Crippen LogP contribution in [0.2, 0.25) is 0 Å². The zero-order valence-electron chi connectivity index (χ0n) is 11.7. The molecule has 6 nitrogen and oxygen atoms in total. The molecule has 1 aliphatic carbocycles. The van der Waals surface area contributed by atoms with Crippen LogP contribution < -0.4 is 11.1 Å². The first-order valence-corrected chi connectivity index (χ1v) is 6.79. The Hall–Kier alpha value is -1.40. The highest BCUT2D eigenvalue weighted by Crippen LogP contribution is 2.25. The standard InChI is InChI=1S/C13H23N5O/c1-17(2)7-8-18-6-5-12(16-18)15-13(19)10-3-4-11(14)9-10/h5-6,10-11H,3-4,7-9,14H2,1-2H3,(H,15,16,19). The molecule has 6 heteroatoms. The average molecular weight is 265 g/mol. The second kappa shape index (κ2) is 6.16. The molecule has 1 fully saturated rings. The second-order valence-corrected chi connectivity index (χ2v) is 5.53. The van der Waals surface area contributed by atoms with E-state index in [0.29, 0.717) is 5.82 Å². The fourth-order valence-corrected chi connectivity index (χ4v) is 2.34. The molecular weight excluding hydrogens is 242 g/mol. The summed E-state index contributed by atoms with van der Waals surface area (Å²) in [5.74, 6) is 0.719. The maximum atomic E-state index is 12.0. The van der Waals surface area contributed by atoms with Crippen molar-refractivity contribution < 1.29 is 4.79 Å². The van der Waals surface area contributed by atoms with Gasteiger partial charge in [0.1, 0.15) is 0 Å². The van der Waals surface area contributed by atoms with Crippen molar-refractivity contribution in [1.82, 2.24) is 14.7 Å². The smallest absolute Gasteiger partial charge is 0.228 e. The molecule has 106 valence electrons. The summed E-state index contributed by atoms with van der Waals surface area (Å²) in [5, 5.41) is 7.21. The fraction of sp³-hybridized carbons (Fsp3) is 0.692. The normalized spacial score (nSPS) is 22.9. The Morgan fingerprint density at radius 1 is 1.58 bits per heavy atom. The molecule has 0 spiro atoms. The number of anilines is 1. The molecule has 1 saturated carbocycles. The summed E-state index contributed by atoms with van der Waals surface area (Å²) >= 11 is 0. The van der Waals surface area contributed by atoms with Gasteiger partial charge >= 0.3 is 0 Å². The largest absolute Gasteiger partial charge is 0.328 e.